The van der Waals surface area contributed by atoms with E-state index in [-0.39, 0.29) is 0 Å². The van der Waals surface area contributed by atoms with Crippen molar-refractivity contribution < 1.29 is 0 Å². The minimum absolute atomic E-state index is 0.910. The molecule has 2 aliphatic rings. The van der Waals surface area contributed by atoms with Crippen molar-refractivity contribution in [2.45, 2.75) is 104 Å². The zero-order valence-electron chi connectivity index (χ0n) is 15.4. The van der Waals surface area contributed by atoms with Gasteiger partial charge in [-0.15, -0.1) is 0 Å². The largest absolute Gasteiger partial charge is 0.0883 e. The van der Waals surface area contributed by atoms with Crippen molar-refractivity contribution in [2.75, 3.05) is 0 Å². The van der Waals surface area contributed by atoms with E-state index < -0.39 is 0 Å². The Labute approximate surface area is 140 Å². The fourth-order valence-corrected chi connectivity index (χ4v) is 4.90. The van der Waals surface area contributed by atoms with Crippen LogP contribution in [0.1, 0.15) is 104 Å². The molecule has 0 unspecified atom stereocenters. The maximum absolute atomic E-state index is 2.53. The fourth-order valence-electron chi connectivity index (χ4n) is 4.90. The van der Waals surface area contributed by atoms with Crippen LogP contribution >= 0.6 is 0 Å². The van der Waals surface area contributed by atoms with Crippen molar-refractivity contribution in [3.05, 3.63) is 12.2 Å². The molecule has 22 heavy (non-hydrogen) atoms. The van der Waals surface area contributed by atoms with E-state index in [9.17, 15) is 0 Å². The van der Waals surface area contributed by atoms with Gasteiger partial charge in [0.25, 0.3) is 0 Å². The first-order chi connectivity index (χ1) is 10.8. The van der Waals surface area contributed by atoms with Gasteiger partial charge in [-0.25, -0.2) is 0 Å². The molecule has 2 aliphatic carbocycles. The van der Waals surface area contributed by atoms with Crippen LogP contribution in [0, 0.1) is 23.7 Å². The highest BCUT2D eigenvalue weighted by Gasteiger charge is 2.30. The van der Waals surface area contributed by atoms with E-state index in [1.54, 1.807) is 25.7 Å². The van der Waals surface area contributed by atoms with Crippen LogP contribution in [0.25, 0.3) is 0 Å². The molecule has 2 rings (SSSR count). The summed E-state index contributed by atoms with van der Waals surface area (Å²) in [5.41, 5.74) is 0. The van der Waals surface area contributed by atoms with Crippen molar-refractivity contribution in [1.82, 2.24) is 0 Å². The molecule has 0 N–H and O–H groups in total. The third kappa shape index (κ3) is 6.09. The number of hydrogen-bond donors (Lipinski definition) is 0. The first-order valence-electron chi connectivity index (χ1n) is 10.5. The van der Waals surface area contributed by atoms with Gasteiger partial charge in [-0.2, -0.15) is 0 Å². The van der Waals surface area contributed by atoms with Crippen molar-refractivity contribution in [1.29, 1.82) is 0 Å². The van der Waals surface area contributed by atoms with Gasteiger partial charge in [0.05, 0.1) is 0 Å². The molecule has 0 saturated heterocycles. The Balaban J connectivity index is 1.62. The number of unbranched alkanes of at least 4 members (excludes halogenated alkanes) is 3. The van der Waals surface area contributed by atoms with E-state index in [0.717, 1.165) is 23.7 Å². The molecule has 0 aliphatic heterocycles. The maximum Gasteiger partial charge on any atom is -0.0233 e. The molecular formula is C22H40. The number of hydrogen-bond acceptors (Lipinski definition) is 0. The summed E-state index contributed by atoms with van der Waals surface area (Å²) in [5, 5.41) is 0. The van der Waals surface area contributed by atoms with Crippen LogP contribution in [0.3, 0.4) is 0 Å². The van der Waals surface area contributed by atoms with Crippen LogP contribution in [0.15, 0.2) is 12.2 Å². The minimum Gasteiger partial charge on any atom is -0.0883 e. The summed E-state index contributed by atoms with van der Waals surface area (Å²) in [7, 11) is 0. The maximum atomic E-state index is 2.53. The second-order valence-electron chi connectivity index (χ2n) is 8.17. The van der Waals surface area contributed by atoms with Gasteiger partial charge in [-0.1, -0.05) is 70.9 Å². The van der Waals surface area contributed by atoms with E-state index in [1.807, 2.05) is 0 Å². The number of allylic oxidation sites excluding steroid dienone is 2. The lowest BCUT2D eigenvalue weighted by molar-refractivity contribution is 0.151. The summed E-state index contributed by atoms with van der Waals surface area (Å²) in [6.07, 6.45) is 25.6. The third-order valence-electron chi connectivity index (χ3n) is 6.45. The standard InChI is InChI=1S/C22H40/c1-3-5-7-9-19-11-15-21(16-12-19)22-17-13-20(14-18-22)10-8-6-4-2/h7,9,19-22H,3-6,8,10-18H2,1-2H3. The molecule has 0 atom stereocenters. The first kappa shape index (κ1) is 18.1. The molecule has 0 spiro atoms. The van der Waals surface area contributed by atoms with Crippen LogP contribution < -0.4 is 0 Å². The van der Waals surface area contributed by atoms with E-state index in [0.29, 0.717) is 0 Å². The zero-order valence-corrected chi connectivity index (χ0v) is 15.4. The smallest absolute Gasteiger partial charge is 0.0233 e. The van der Waals surface area contributed by atoms with Crippen LogP contribution in [0.5, 0.6) is 0 Å². The second-order valence-corrected chi connectivity index (χ2v) is 8.17. The number of rotatable bonds is 8. The van der Waals surface area contributed by atoms with E-state index in [4.69, 9.17) is 0 Å². The molecule has 0 heterocycles. The lowest BCUT2D eigenvalue weighted by atomic mass is 9.68. The van der Waals surface area contributed by atoms with Gasteiger partial charge < -0.3 is 0 Å². The highest BCUT2D eigenvalue weighted by Crippen LogP contribution is 2.42. The zero-order chi connectivity index (χ0) is 15.6. The summed E-state index contributed by atoms with van der Waals surface area (Å²) >= 11 is 0. The van der Waals surface area contributed by atoms with Gasteiger partial charge >= 0.3 is 0 Å². The molecule has 0 aromatic carbocycles. The first-order valence-corrected chi connectivity index (χ1v) is 10.5. The predicted molar refractivity (Wildman–Crippen MR) is 99.1 cm³/mol. The lowest BCUT2D eigenvalue weighted by Crippen LogP contribution is -2.25. The average Bonchev–Trinajstić information content (AvgIpc) is 2.57. The normalized spacial score (nSPS) is 33.4. The van der Waals surface area contributed by atoms with Gasteiger partial charge in [0.1, 0.15) is 0 Å². The molecular weight excluding hydrogens is 264 g/mol. The van der Waals surface area contributed by atoms with Crippen LogP contribution in [-0.4, -0.2) is 0 Å². The molecule has 2 fully saturated rings. The third-order valence-corrected chi connectivity index (χ3v) is 6.45. The van der Waals surface area contributed by atoms with E-state index in [2.05, 4.69) is 26.0 Å². The highest BCUT2D eigenvalue weighted by molar-refractivity contribution is 4.92. The minimum atomic E-state index is 0.910. The molecule has 0 aromatic heterocycles. The Kier molecular flexibility index (Phi) is 8.63. The summed E-state index contributed by atoms with van der Waals surface area (Å²) < 4.78 is 0. The monoisotopic (exact) mass is 304 g/mol. The van der Waals surface area contributed by atoms with Gasteiger partial charge in [0.15, 0.2) is 0 Å². The van der Waals surface area contributed by atoms with E-state index >= 15 is 0 Å². The predicted octanol–water partition coefficient (Wildman–Crippen LogP) is 7.54. The summed E-state index contributed by atoms with van der Waals surface area (Å²) in [6, 6.07) is 0. The quantitative estimate of drug-likeness (QED) is 0.321. The Morgan fingerprint density at radius 2 is 1.36 bits per heavy atom. The molecule has 0 amide bonds. The second kappa shape index (κ2) is 10.5. The van der Waals surface area contributed by atoms with Crippen molar-refractivity contribution >= 4 is 0 Å². The van der Waals surface area contributed by atoms with Crippen LogP contribution in [-0.2, 0) is 0 Å². The van der Waals surface area contributed by atoms with Crippen molar-refractivity contribution in [3.63, 3.8) is 0 Å². The Bertz CT molecular complexity index is 287. The molecule has 0 nitrogen and oxygen atoms in total. The van der Waals surface area contributed by atoms with Gasteiger partial charge in [-0.05, 0) is 68.6 Å². The molecule has 2 saturated carbocycles. The van der Waals surface area contributed by atoms with Gasteiger partial charge in [0.2, 0.25) is 0 Å². The topological polar surface area (TPSA) is 0 Å². The molecule has 0 heteroatoms. The summed E-state index contributed by atoms with van der Waals surface area (Å²) in [6.45, 7) is 4.60. The molecule has 0 radical (unpaired) electrons. The summed E-state index contributed by atoms with van der Waals surface area (Å²) in [5.74, 6) is 4.15. The van der Waals surface area contributed by atoms with Crippen molar-refractivity contribution in [2.24, 2.45) is 23.7 Å². The Morgan fingerprint density at radius 3 is 1.95 bits per heavy atom. The Morgan fingerprint density at radius 1 is 0.727 bits per heavy atom. The molecule has 128 valence electrons. The van der Waals surface area contributed by atoms with Gasteiger partial charge in [-0.3, -0.25) is 0 Å². The molecule has 0 aromatic rings. The fraction of sp³-hybridized carbons (Fsp3) is 0.909. The Hall–Kier alpha value is -0.260. The SMILES string of the molecule is CCCC=CC1CCC(C2CCC(CCCCC)CC2)CC1. The highest BCUT2D eigenvalue weighted by atomic mass is 14.4. The van der Waals surface area contributed by atoms with Gasteiger partial charge in [0, 0.05) is 0 Å². The van der Waals surface area contributed by atoms with Crippen LogP contribution in [0.4, 0.5) is 0 Å². The lowest BCUT2D eigenvalue weighted by Gasteiger charge is -2.37. The summed E-state index contributed by atoms with van der Waals surface area (Å²) in [4.78, 5) is 0. The average molecular weight is 305 g/mol. The molecule has 0 bridgehead atoms. The van der Waals surface area contributed by atoms with Crippen molar-refractivity contribution in [3.8, 4) is 0 Å². The van der Waals surface area contributed by atoms with E-state index in [1.165, 1.54) is 64.2 Å². The van der Waals surface area contributed by atoms with Crippen LogP contribution in [0.2, 0.25) is 0 Å².